The molecule has 2 aliphatic rings. The molecule has 0 radical (unpaired) electrons. The summed E-state index contributed by atoms with van der Waals surface area (Å²) in [5.41, 5.74) is 13.7. The quantitative estimate of drug-likeness (QED) is 0.145. The highest BCUT2D eigenvalue weighted by Gasteiger charge is 2.16. The SMILES string of the molecule is C[N+](C)(C)c1ccc(Oc2ccc(-c3c4nc(cc5ccc([nH]5)c(-c5ccc(Oc6ccc([N+](C)(C)C)cc6)cc5)c5nc(cc6ccc3[nH]6)C=C5)C=C4)cc2)cc1.[I-].[I-]. The fourth-order valence-electron chi connectivity index (χ4n) is 7.25. The molecule has 5 heterocycles. The van der Waals surface area contributed by atoms with Crippen LogP contribution >= 0.6 is 0 Å². The van der Waals surface area contributed by atoms with Gasteiger partial charge in [0.15, 0.2) is 0 Å². The number of quaternary nitrogens is 2. The summed E-state index contributed by atoms with van der Waals surface area (Å²) in [6.45, 7) is 0. The Balaban J connectivity index is 0.00000272. The number of aromatic amines is 2. The Kier molecular flexibility index (Phi) is 12.2. The van der Waals surface area contributed by atoms with Gasteiger partial charge in [0.05, 0.1) is 65.1 Å². The first-order chi connectivity index (χ1) is 27.9. The number of hydrogen-bond acceptors (Lipinski definition) is 4. The molecule has 60 heavy (non-hydrogen) atoms. The molecule has 0 amide bonds. The summed E-state index contributed by atoms with van der Waals surface area (Å²) >= 11 is 0. The molecule has 302 valence electrons. The van der Waals surface area contributed by atoms with E-state index in [1.54, 1.807) is 0 Å². The molecule has 0 spiro atoms. The van der Waals surface area contributed by atoms with Crippen LogP contribution in [-0.4, -0.2) is 62.2 Å². The lowest BCUT2D eigenvalue weighted by Crippen LogP contribution is -3.00. The van der Waals surface area contributed by atoms with E-state index in [2.05, 4.69) is 161 Å². The van der Waals surface area contributed by atoms with Crippen LogP contribution in [0.15, 0.2) is 133 Å². The molecule has 0 aliphatic carbocycles. The molecule has 3 aromatic heterocycles. The number of H-pyrrole nitrogens is 2. The molecule has 8 nitrogen and oxygen atoms in total. The molecule has 0 saturated carbocycles. The van der Waals surface area contributed by atoms with Crippen molar-refractivity contribution in [3.8, 4) is 45.3 Å². The molecular formula is C50H46I2N6O2. The van der Waals surface area contributed by atoms with Crippen molar-refractivity contribution in [3.63, 3.8) is 0 Å². The molecule has 10 heteroatoms. The maximum atomic E-state index is 6.24. The first-order valence-electron chi connectivity index (χ1n) is 19.4. The van der Waals surface area contributed by atoms with Gasteiger partial charge < -0.3 is 67.4 Å². The number of aromatic nitrogens is 4. The predicted molar refractivity (Wildman–Crippen MR) is 242 cm³/mol. The molecule has 0 fully saturated rings. The van der Waals surface area contributed by atoms with E-state index in [1.165, 1.54) is 11.4 Å². The number of halogens is 2. The molecule has 9 rings (SSSR count). The summed E-state index contributed by atoms with van der Waals surface area (Å²) in [5, 5.41) is 0. The number of nitrogens with one attached hydrogen (secondary N) is 2. The maximum Gasteiger partial charge on any atom is 0.132 e. The Hall–Kier alpha value is -5.54. The largest absolute Gasteiger partial charge is 1.00 e. The topological polar surface area (TPSA) is 75.8 Å². The van der Waals surface area contributed by atoms with Gasteiger partial charge in [0.25, 0.3) is 0 Å². The normalized spacial score (nSPS) is 12.1. The average molecular weight is 1020 g/mol. The maximum absolute atomic E-state index is 6.24. The Labute approximate surface area is 385 Å². The van der Waals surface area contributed by atoms with Crippen molar-refractivity contribution in [2.24, 2.45) is 0 Å². The van der Waals surface area contributed by atoms with Gasteiger partial charge in [-0.25, -0.2) is 9.97 Å². The van der Waals surface area contributed by atoms with E-state index in [0.717, 1.165) is 99.1 Å². The first-order valence-corrected chi connectivity index (χ1v) is 19.4. The number of benzene rings is 4. The minimum absolute atomic E-state index is 0. The fraction of sp³-hybridized carbons (Fsp3) is 0.120. The Bertz CT molecular complexity index is 2680. The van der Waals surface area contributed by atoms with Crippen LogP contribution in [0.1, 0.15) is 22.8 Å². The van der Waals surface area contributed by atoms with Crippen molar-refractivity contribution in [2.45, 2.75) is 0 Å². The van der Waals surface area contributed by atoms with Gasteiger partial charge >= 0.3 is 0 Å². The van der Waals surface area contributed by atoms with Crippen LogP contribution < -0.4 is 66.4 Å². The van der Waals surface area contributed by atoms with Crippen LogP contribution in [-0.2, 0) is 0 Å². The second kappa shape index (κ2) is 17.2. The van der Waals surface area contributed by atoms with Crippen LogP contribution in [0.4, 0.5) is 11.4 Å². The van der Waals surface area contributed by atoms with Crippen LogP contribution in [0.3, 0.4) is 0 Å². The van der Waals surface area contributed by atoms with Crippen LogP contribution in [0, 0.1) is 0 Å². The number of ether oxygens (including phenoxy) is 2. The lowest BCUT2D eigenvalue weighted by atomic mass is 10.0. The Morgan fingerprint density at radius 2 is 0.733 bits per heavy atom. The number of nitrogens with zero attached hydrogens (tertiary/aromatic N) is 4. The van der Waals surface area contributed by atoms with Crippen molar-refractivity contribution in [3.05, 3.63) is 156 Å². The summed E-state index contributed by atoms with van der Waals surface area (Å²) in [4.78, 5) is 17.5. The predicted octanol–water partition coefficient (Wildman–Crippen LogP) is 5.98. The number of hydrogen-bond donors (Lipinski definition) is 2. The van der Waals surface area contributed by atoms with Crippen molar-refractivity contribution in [1.29, 1.82) is 0 Å². The van der Waals surface area contributed by atoms with Gasteiger partial charge in [-0.15, -0.1) is 0 Å². The molecular weight excluding hydrogens is 970 g/mol. The number of rotatable bonds is 8. The molecule has 8 bridgehead atoms. The monoisotopic (exact) mass is 1020 g/mol. The van der Waals surface area contributed by atoms with Crippen molar-refractivity contribution >= 4 is 57.7 Å². The minimum Gasteiger partial charge on any atom is -1.00 e. The van der Waals surface area contributed by atoms with Crippen molar-refractivity contribution < 1.29 is 57.4 Å². The van der Waals surface area contributed by atoms with Gasteiger partial charge in [0.1, 0.15) is 34.4 Å². The fourth-order valence-corrected chi connectivity index (χ4v) is 7.25. The zero-order valence-electron chi connectivity index (χ0n) is 34.4. The van der Waals surface area contributed by atoms with Crippen molar-refractivity contribution in [1.82, 2.24) is 28.9 Å². The minimum atomic E-state index is 0. The van der Waals surface area contributed by atoms with Gasteiger partial charge in [0, 0.05) is 57.5 Å². The lowest BCUT2D eigenvalue weighted by Gasteiger charge is -2.23. The summed E-state index contributed by atoms with van der Waals surface area (Å²) < 4.78 is 14.0. The average Bonchev–Trinajstić information content (AvgIpc) is 4.04. The van der Waals surface area contributed by atoms with E-state index in [9.17, 15) is 0 Å². The highest BCUT2D eigenvalue weighted by molar-refractivity contribution is 5.93. The van der Waals surface area contributed by atoms with Crippen LogP contribution in [0.5, 0.6) is 23.0 Å². The van der Waals surface area contributed by atoms with Crippen LogP contribution in [0.2, 0.25) is 0 Å². The third kappa shape index (κ3) is 9.26. The van der Waals surface area contributed by atoms with Crippen LogP contribution in [0.25, 0.3) is 68.6 Å². The zero-order valence-corrected chi connectivity index (χ0v) is 38.7. The van der Waals surface area contributed by atoms with E-state index in [4.69, 9.17) is 19.4 Å². The highest BCUT2D eigenvalue weighted by Crippen LogP contribution is 2.35. The molecule has 7 aromatic rings. The molecule has 4 aromatic carbocycles. The van der Waals surface area contributed by atoms with E-state index < -0.39 is 0 Å². The third-order valence-corrected chi connectivity index (χ3v) is 10.4. The summed E-state index contributed by atoms with van der Waals surface area (Å²) in [5.74, 6) is 3.13. The molecule has 2 N–H and O–H groups in total. The smallest absolute Gasteiger partial charge is 0.132 e. The van der Waals surface area contributed by atoms with E-state index >= 15 is 0 Å². The van der Waals surface area contributed by atoms with E-state index in [0.29, 0.717) is 0 Å². The zero-order chi connectivity index (χ0) is 40.0. The standard InChI is InChI=1S/C50H46N6O2.2HI/c1-55(2,3)39-15-23-43(24-16-39)57-41-19-7-33(8-20-41)49-45-27-11-35(51-45)31-37-13-29-47(53-37)50(48-30-14-38(54-48)32-36-12-28-46(49)52-36)34-9-21-42(22-10-34)58-44-25-17-40(18-26-44)56(4,5)6;;/h7-32,51,54H,1-6H3;2*1H/q+2;;/p-2. The number of fused-ring (bicyclic) bond motifs is 8. The second-order valence-corrected chi connectivity index (χ2v) is 16.5. The van der Waals surface area contributed by atoms with Crippen molar-refractivity contribution in [2.75, 3.05) is 42.3 Å². The second-order valence-electron chi connectivity index (χ2n) is 16.5. The van der Waals surface area contributed by atoms with Gasteiger partial charge in [-0.05, 0) is 120 Å². The Morgan fingerprint density at radius 3 is 1.07 bits per heavy atom. The van der Waals surface area contributed by atoms with Gasteiger partial charge in [-0.3, -0.25) is 8.97 Å². The summed E-state index contributed by atoms with van der Waals surface area (Å²) in [6, 6.07) is 45.4. The lowest BCUT2D eigenvalue weighted by molar-refractivity contribution is -0.00100. The third-order valence-electron chi connectivity index (χ3n) is 10.4. The summed E-state index contributed by atoms with van der Waals surface area (Å²) in [7, 11) is 12.9. The molecule has 0 saturated heterocycles. The Morgan fingerprint density at radius 1 is 0.400 bits per heavy atom. The molecule has 0 atom stereocenters. The first kappa shape index (κ1) is 42.6. The molecule has 2 aliphatic heterocycles. The van der Waals surface area contributed by atoms with E-state index in [1.807, 2.05) is 48.5 Å². The van der Waals surface area contributed by atoms with E-state index in [-0.39, 0.29) is 48.0 Å². The van der Waals surface area contributed by atoms with Gasteiger partial charge in [-0.1, -0.05) is 24.3 Å². The van der Waals surface area contributed by atoms with Gasteiger partial charge in [-0.2, -0.15) is 0 Å². The van der Waals surface area contributed by atoms with Gasteiger partial charge in [0.2, 0.25) is 0 Å². The molecule has 0 unspecified atom stereocenters. The summed E-state index contributed by atoms with van der Waals surface area (Å²) in [6.07, 6.45) is 8.28. The highest BCUT2D eigenvalue weighted by atomic mass is 127.